The van der Waals surface area contributed by atoms with Crippen molar-refractivity contribution in [2.75, 3.05) is 13.2 Å². The number of rotatable bonds is 8. The Bertz CT molecular complexity index is 323. The largest absolute Gasteiger partial charge is 0.391 e. The highest BCUT2D eigenvalue weighted by Gasteiger charge is 2.03. The molecule has 0 fully saturated rings. The third-order valence-electron chi connectivity index (χ3n) is 2.77. The second-order valence-corrected chi connectivity index (χ2v) is 4.34. The zero-order chi connectivity index (χ0) is 12.7. The number of ether oxygens (including phenoxy) is 1. The van der Waals surface area contributed by atoms with E-state index in [0.717, 1.165) is 37.3 Å². The number of nitrogens with zero attached hydrogens (tertiary/aromatic N) is 2. The van der Waals surface area contributed by atoms with Gasteiger partial charge < -0.3 is 14.4 Å². The van der Waals surface area contributed by atoms with Crippen molar-refractivity contribution in [3.05, 3.63) is 17.7 Å². The fourth-order valence-corrected chi connectivity index (χ4v) is 1.75. The van der Waals surface area contributed by atoms with Gasteiger partial charge in [-0.2, -0.15) is 0 Å². The normalized spacial score (nSPS) is 12.9. The number of aliphatic hydroxyl groups is 1. The van der Waals surface area contributed by atoms with Crippen LogP contribution in [-0.2, 0) is 17.7 Å². The lowest BCUT2D eigenvalue weighted by atomic mass is 10.3. The van der Waals surface area contributed by atoms with Gasteiger partial charge in [-0.3, -0.25) is 0 Å². The summed E-state index contributed by atoms with van der Waals surface area (Å²) in [6.07, 6.45) is 4.43. The van der Waals surface area contributed by atoms with Gasteiger partial charge in [0.25, 0.3) is 0 Å². The Labute approximate surface area is 104 Å². The molecule has 1 unspecified atom stereocenters. The van der Waals surface area contributed by atoms with Gasteiger partial charge in [-0.25, -0.2) is 4.98 Å². The monoisotopic (exact) mass is 240 g/mol. The van der Waals surface area contributed by atoms with E-state index in [1.807, 2.05) is 13.8 Å². The van der Waals surface area contributed by atoms with Gasteiger partial charge in [0, 0.05) is 25.8 Å². The number of imidazole rings is 1. The Kier molecular flexibility index (Phi) is 6.22. The van der Waals surface area contributed by atoms with Crippen LogP contribution in [0.25, 0.3) is 0 Å². The average Bonchev–Trinajstić information content (AvgIpc) is 2.69. The maximum absolute atomic E-state index is 9.32. The Morgan fingerprint density at radius 1 is 1.47 bits per heavy atom. The van der Waals surface area contributed by atoms with Gasteiger partial charge in [0.1, 0.15) is 5.82 Å². The fraction of sp³-hybridized carbons (Fsp3) is 0.769. The minimum atomic E-state index is -0.323. The van der Waals surface area contributed by atoms with Crippen LogP contribution in [0.2, 0.25) is 0 Å². The lowest BCUT2D eigenvalue weighted by Gasteiger charge is -2.09. The third kappa shape index (κ3) is 4.88. The Morgan fingerprint density at radius 2 is 2.24 bits per heavy atom. The zero-order valence-electron chi connectivity index (χ0n) is 11.1. The molecule has 0 saturated heterocycles. The molecule has 4 nitrogen and oxygen atoms in total. The van der Waals surface area contributed by atoms with E-state index in [4.69, 9.17) is 4.74 Å². The van der Waals surface area contributed by atoms with Crippen molar-refractivity contribution in [3.8, 4) is 0 Å². The highest BCUT2D eigenvalue weighted by molar-refractivity contribution is 5.01. The van der Waals surface area contributed by atoms with E-state index in [1.165, 1.54) is 0 Å². The Morgan fingerprint density at radius 3 is 2.88 bits per heavy atom. The molecule has 0 aliphatic rings. The lowest BCUT2D eigenvalue weighted by Crippen LogP contribution is -2.15. The molecular weight excluding hydrogens is 216 g/mol. The number of aryl methyl sites for hydroxylation is 3. The third-order valence-corrected chi connectivity index (χ3v) is 2.77. The summed E-state index contributed by atoms with van der Waals surface area (Å²) in [5.74, 6) is 1.14. The van der Waals surface area contributed by atoms with Gasteiger partial charge in [-0.05, 0) is 19.8 Å². The summed E-state index contributed by atoms with van der Waals surface area (Å²) in [4.78, 5) is 4.45. The van der Waals surface area contributed by atoms with E-state index in [1.54, 1.807) is 0 Å². The molecule has 1 rings (SSSR count). The first-order valence-corrected chi connectivity index (χ1v) is 6.45. The quantitative estimate of drug-likeness (QED) is 0.706. The van der Waals surface area contributed by atoms with E-state index >= 15 is 0 Å². The molecule has 1 heterocycles. The highest BCUT2D eigenvalue weighted by Crippen LogP contribution is 2.04. The van der Waals surface area contributed by atoms with Gasteiger partial charge in [-0.15, -0.1) is 0 Å². The van der Waals surface area contributed by atoms with Crippen LogP contribution in [0.1, 0.15) is 38.2 Å². The van der Waals surface area contributed by atoms with Crippen LogP contribution >= 0.6 is 0 Å². The van der Waals surface area contributed by atoms with Crippen molar-refractivity contribution in [2.24, 2.45) is 0 Å². The molecule has 17 heavy (non-hydrogen) atoms. The van der Waals surface area contributed by atoms with Crippen molar-refractivity contribution >= 4 is 0 Å². The predicted octanol–water partition coefficient (Wildman–Crippen LogP) is 1.93. The summed E-state index contributed by atoms with van der Waals surface area (Å²) in [5, 5.41) is 9.32. The average molecular weight is 240 g/mol. The summed E-state index contributed by atoms with van der Waals surface area (Å²) in [6.45, 7) is 8.16. The molecule has 0 aromatic carbocycles. The SMILES string of the molecule is CCc1nc(C)cn1CCCOCC(O)CC. The van der Waals surface area contributed by atoms with Crippen molar-refractivity contribution in [1.82, 2.24) is 9.55 Å². The number of aromatic nitrogens is 2. The maximum atomic E-state index is 9.32. The molecule has 0 saturated carbocycles. The van der Waals surface area contributed by atoms with Gasteiger partial charge >= 0.3 is 0 Å². The molecule has 1 aromatic rings. The summed E-state index contributed by atoms with van der Waals surface area (Å²) < 4.78 is 7.59. The first kappa shape index (κ1) is 14.2. The molecule has 0 aliphatic heterocycles. The molecule has 1 N–H and O–H groups in total. The van der Waals surface area contributed by atoms with E-state index in [0.29, 0.717) is 13.2 Å². The molecule has 0 aliphatic carbocycles. The smallest absolute Gasteiger partial charge is 0.108 e. The van der Waals surface area contributed by atoms with E-state index in [2.05, 4.69) is 22.7 Å². The number of hydrogen-bond acceptors (Lipinski definition) is 3. The van der Waals surface area contributed by atoms with Crippen LogP contribution in [0.5, 0.6) is 0 Å². The molecule has 1 aromatic heterocycles. The van der Waals surface area contributed by atoms with Crippen molar-refractivity contribution in [1.29, 1.82) is 0 Å². The van der Waals surface area contributed by atoms with Crippen LogP contribution in [0.4, 0.5) is 0 Å². The number of aliphatic hydroxyl groups excluding tert-OH is 1. The van der Waals surface area contributed by atoms with Crippen LogP contribution in [0.3, 0.4) is 0 Å². The topological polar surface area (TPSA) is 47.3 Å². The van der Waals surface area contributed by atoms with Crippen LogP contribution in [0, 0.1) is 6.92 Å². The predicted molar refractivity (Wildman–Crippen MR) is 68.1 cm³/mol. The summed E-state index contributed by atoms with van der Waals surface area (Å²) in [6, 6.07) is 0. The summed E-state index contributed by atoms with van der Waals surface area (Å²) in [7, 11) is 0. The Hall–Kier alpha value is -0.870. The summed E-state index contributed by atoms with van der Waals surface area (Å²) in [5.41, 5.74) is 1.07. The van der Waals surface area contributed by atoms with Crippen molar-refractivity contribution < 1.29 is 9.84 Å². The van der Waals surface area contributed by atoms with E-state index in [-0.39, 0.29) is 6.10 Å². The summed E-state index contributed by atoms with van der Waals surface area (Å²) >= 11 is 0. The molecule has 0 amide bonds. The minimum absolute atomic E-state index is 0.323. The lowest BCUT2D eigenvalue weighted by molar-refractivity contribution is 0.0330. The second-order valence-electron chi connectivity index (χ2n) is 4.34. The second kappa shape index (κ2) is 7.45. The molecule has 0 radical (unpaired) electrons. The minimum Gasteiger partial charge on any atom is -0.391 e. The molecule has 4 heteroatoms. The Balaban J connectivity index is 2.21. The molecule has 98 valence electrons. The van der Waals surface area contributed by atoms with Crippen LogP contribution in [-0.4, -0.2) is 34.0 Å². The highest BCUT2D eigenvalue weighted by atomic mass is 16.5. The first-order chi connectivity index (χ1) is 8.17. The zero-order valence-corrected chi connectivity index (χ0v) is 11.1. The molecule has 1 atom stereocenters. The first-order valence-electron chi connectivity index (χ1n) is 6.45. The molecule has 0 spiro atoms. The van der Waals surface area contributed by atoms with Gasteiger partial charge in [0.15, 0.2) is 0 Å². The van der Waals surface area contributed by atoms with Gasteiger partial charge in [0.2, 0.25) is 0 Å². The van der Waals surface area contributed by atoms with Gasteiger partial charge in [0.05, 0.1) is 18.4 Å². The maximum Gasteiger partial charge on any atom is 0.108 e. The van der Waals surface area contributed by atoms with Crippen LogP contribution < -0.4 is 0 Å². The fourth-order valence-electron chi connectivity index (χ4n) is 1.75. The van der Waals surface area contributed by atoms with E-state index < -0.39 is 0 Å². The van der Waals surface area contributed by atoms with Crippen molar-refractivity contribution in [3.63, 3.8) is 0 Å². The van der Waals surface area contributed by atoms with Crippen molar-refractivity contribution in [2.45, 2.75) is 52.7 Å². The molecular formula is C13H24N2O2. The van der Waals surface area contributed by atoms with Crippen LogP contribution in [0.15, 0.2) is 6.20 Å². The number of hydrogen-bond donors (Lipinski definition) is 1. The van der Waals surface area contributed by atoms with Gasteiger partial charge in [-0.1, -0.05) is 13.8 Å². The van der Waals surface area contributed by atoms with E-state index in [9.17, 15) is 5.11 Å². The molecule has 0 bridgehead atoms. The standard InChI is InChI=1S/C13H24N2O2/c1-4-12(16)10-17-8-6-7-15-9-11(3)14-13(15)5-2/h9,12,16H,4-8,10H2,1-3H3.